The van der Waals surface area contributed by atoms with Crippen LogP contribution in [0.4, 0.5) is 0 Å². The Morgan fingerprint density at radius 3 is 1.45 bits per heavy atom. The fraction of sp³-hybridized carbons (Fsp3) is 0. The zero-order valence-electron chi connectivity index (χ0n) is 10.2. The van der Waals surface area contributed by atoms with E-state index in [4.69, 9.17) is 40.6 Å². The van der Waals surface area contributed by atoms with E-state index in [1.54, 1.807) is 0 Å². The maximum Gasteiger partial charge on any atom is 0.456 e. The summed E-state index contributed by atoms with van der Waals surface area (Å²) in [4.78, 5) is 0. The fourth-order valence-corrected chi connectivity index (χ4v) is 11.8. The predicted octanol–water partition coefficient (Wildman–Crippen LogP) is 6.96. The van der Waals surface area contributed by atoms with Gasteiger partial charge in [0.1, 0.15) is 0 Å². The second kappa shape index (κ2) is 6.93. The Morgan fingerprint density at radius 1 is 0.650 bits per heavy atom. The van der Waals surface area contributed by atoms with Gasteiger partial charge in [0.15, 0.2) is 0 Å². The summed E-state index contributed by atoms with van der Waals surface area (Å²) in [6, 6.07) is 0. The molecule has 0 N–H and O–H groups in total. The molecule has 1 rings (SSSR count). The highest BCUT2D eigenvalue weighted by Gasteiger charge is 2.40. The van der Waals surface area contributed by atoms with Crippen molar-refractivity contribution >= 4 is 43.7 Å². The van der Waals surface area contributed by atoms with Crippen LogP contribution < -0.4 is 0 Å². The average molecular weight is 378 g/mol. The van der Waals surface area contributed by atoms with Gasteiger partial charge in [-0.2, -0.15) is 0 Å². The van der Waals surface area contributed by atoms with E-state index in [9.17, 15) is 0 Å². The Bertz CT molecular complexity index is 574. The highest BCUT2D eigenvalue weighted by Crippen LogP contribution is 2.83. The lowest BCUT2D eigenvalue weighted by Crippen LogP contribution is -1.89. The maximum absolute atomic E-state index is 6.20. The predicted molar refractivity (Wildman–Crippen MR) is 84.9 cm³/mol. The molecule has 1 heterocycles. The molecular formula is C8H12Cl2N3O4P3. The van der Waals surface area contributed by atoms with Crippen LogP contribution in [0.15, 0.2) is 64.9 Å². The quantitative estimate of drug-likeness (QED) is 0.338. The molecule has 0 aliphatic carbocycles. The molecule has 20 heavy (non-hydrogen) atoms. The van der Waals surface area contributed by atoms with E-state index >= 15 is 0 Å². The normalized spacial score (nSPS) is 30.3. The highest BCUT2D eigenvalue weighted by molar-refractivity contribution is 8.00. The molecule has 0 fully saturated rings. The largest absolute Gasteiger partial charge is 0.456 e. The van der Waals surface area contributed by atoms with Crippen molar-refractivity contribution in [2.24, 2.45) is 13.5 Å². The van der Waals surface area contributed by atoms with E-state index < -0.39 is 21.2 Å². The zero-order valence-corrected chi connectivity index (χ0v) is 14.4. The molecule has 0 aromatic rings. The van der Waals surface area contributed by atoms with Crippen molar-refractivity contribution in [2.75, 3.05) is 0 Å². The number of rotatable bonds is 8. The molecule has 2 atom stereocenters. The lowest BCUT2D eigenvalue weighted by atomic mass is 11.2. The summed E-state index contributed by atoms with van der Waals surface area (Å²) in [7, 11) is -3.28. The molecule has 0 radical (unpaired) electrons. The van der Waals surface area contributed by atoms with Crippen LogP contribution in [0.1, 0.15) is 0 Å². The SMILES string of the molecule is C=COP1(OC=C)=N[P@@](Cl)(OC=C)=N[P@@](Cl)(OC=C)=N1. The first-order chi connectivity index (χ1) is 9.36. The van der Waals surface area contributed by atoms with Crippen molar-refractivity contribution in [3.8, 4) is 0 Å². The molecular weight excluding hydrogens is 366 g/mol. The van der Waals surface area contributed by atoms with Gasteiger partial charge in [-0.15, -0.1) is 13.5 Å². The van der Waals surface area contributed by atoms with E-state index in [-0.39, 0.29) is 0 Å². The van der Waals surface area contributed by atoms with Gasteiger partial charge in [0.25, 0.3) is 0 Å². The minimum atomic E-state index is -3.28. The maximum atomic E-state index is 6.20. The second-order valence-corrected chi connectivity index (χ2v) is 11.3. The van der Waals surface area contributed by atoms with Crippen molar-refractivity contribution in [3.05, 3.63) is 51.4 Å². The van der Waals surface area contributed by atoms with Gasteiger partial charge in [0.2, 0.25) is 0 Å². The van der Waals surface area contributed by atoms with Crippen LogP contribution in [-0.4, -0.2) is 0 Å². The molecule has 0 unspecified atom stereocenters. The van der Waals surface area contributed by atoms with Crippen molar-refractivity contribution in [3.63, 3.8) is 0 Å². The van der Waals surface area contributed by atoms with Crippen LogP contribution in [-0.2, 0) is 18.1 Å². The third-order valence-corrected chi connectivity index (χ3v) is 11.4. The van der Waals surface area contributed by atoms with E-state index in [0.29, 0.717) is 0 Å². The summed E-state index contributed by atoms with van der Waals surface area (Å²) in [5.41, 5.74) is 0. The summed E-state index contributed by atoms with van der Waals surface area (Å²) in [6.07, 6.45) is 4.37. The first-order valence-corrected chi connectivity index (χ1v) is 11.4. The third kappa shape index (κ3) is 4.21. The molecule has 112 valence electrons. The van der Waals surface area contributed by atoms with Crippen LogP contribution in [0.25, 0.3) is 0 Å². The number of nitrogens with zero attached hydrogens (tertiary/aromatic N) is 3. The molecule has 0 aromatic carbocycles. The van der Waals surface area contributed by atoms with Gasteiger partial charge in [0, 0.05) is 0 Å². The Kier molecular flexibility index (Phi) is 6.06. The van der Waals surface area contributed by atoms with Crippen LogP contribution >= 0.6 is 43.7 Å². The average Bonchev–Trinajstić information content (AvgIpc) is 2.27. The van der Waals surface area contributed by atoms with E-state index in [0.717, 1.165) is 25.0 Å². The van der Waals surface area contributed by atoms with Gasteiger partial charge in [-0.25, -0.2) is 0 Å². The van der Waals surface area contributed by atoms with Crippen LogP contribution in [0.3, 0.4) is 0 Å². The van der Waals surface area contributed by atoms with Crippen molar-refractivity contribution in [1.82, 2.24) is 0 Å². The molecule has 0 saturated carbocycles. The molecule has 1 aliphatic rings. The van der Waals surface area contributed by atoms with Crippen LogP contribution in [0, 0.1) is 0 Å². The molecule has 0 bridgehead atoms. The Morgan fingerprint density at radius 2 is 1.05 bits per heavy atom. The van der Waals surface area contributed by atoms with E-state index in [1.807, 2.05) is 0 Å². The summed E-state index contributed by atoms with van der Waals surface area (Å²) in [5, 5.41) is 0. The zero-order chi connectivity index (χ0) is 15.3. The van der Waals surface area contributed by atoms with Gasteiger partial charge in [-0.1, -0.05) is 26.3 Å². The minimum Gasteiger partial charge on any atom is -0.439 e. The van der Waals surface area contributed by atoms with Gasteiger partial charge in [0.05, 0.1) is 25.0 Å². The standard InChI is InChI=1S/C8H12Cl2N3O4P3/c1-5-14-18(9)11-19(10,15-6-2)13-20(12-18,16-7-3)17-8-4/h5-8H,1-4H2/t18-,19+. The monoisotopic (exact) mass is 377 g/mol. The topological polar surface area (TPSA) is 74.0 Å². The second-order valence-electron chi connectivity index (χ2n) is 2.79. The smallest absolute Gasteiger partial charge is 0.439 e. The lowest BCUT2D eigenvalue weighted by molar-refractivity contribution is 0.397. The summed E-state index contributed by atoms with van der Waals surface area (Å²) >= 11 is 12.4. The Hall–Kier alpha value is -0.570. The molecule has 0 aromatic heterocycles. The van der Waals surface area contributed by atoms with Gasteiger partial charge >= 0.3 is 21.2 Å². The fourth-order valence-electron chi connectivity index (χ4n) is 1.05. The van der Waals surface area contributed by atoms with Crippen LogP contribution in [0.5, 0.6) is 0 Å². The van der Waals surface area contributed by atoms with Crippen LogP contribution in [0.2, 0.25) is 0 Å². The van der Waals surface area contributed by atoms with Crippen molar-refractivity contribution in [1.29, 1.82) is 0 Å². The van der Waals surface area contributed by atoms with Crippen molar-refractivity contribution in [2.45, 2.75) is 0 Å². The first-order valence-electron chi connectivity index (χ1n) is 4.84. The molecule has 12 heteroatoms. The molecule has 0 spiro atoms. The summed E-state index contributed by atoms with van der Waals surface area (Å²) in [6.45, 7) is 7.19. The number of hydrogen-bond donors (Lipinski definition) is 0. The van der Waals surface area contributed by atoms with Gasteiger partial charge in [-0.3, -0.25) is 0 Å². The lowest BCUT2D eigenvalue weighted by Gasteiger charge is -2.26. The van der Waals surface area contributed by atoms with E-state index in [2.05, 4.69) is 39.9 Å². The Balaban J connectivity index is 3.60. The van der Waals surface area contributed by atoms with Gasteiger partial charge < -0.3 is 18.1 Å². The number of halogens is 2. The van der Waals surface area contributed by atoms with Gasteiger partial charge in [-0.05, 0) is 22.5 Å². The third-order valence-electron chi connectivity index (χ3n) is 1.51. The highest BCUT2D eigenvalue weighted by atomic mass is 35.7. The minimum absolute atomic E-state index is 1.09. The molecule has 1 aliphatic heterocycles. The number of hydrogen-bond acceptors (Lipinski definition) is 7. The van der Waals surface area contributed by atoms with Crippen molar-refractivity contribution < 1.29 is 18.1 Å². The molecule has 0 saturated heterocycles. The molecule has 0 amide bonds. The Labute approximate surface area is 127 Å². The summed E-state index contributed by atoms with van der Waals surface area (Å²) in [5.74, 6) is 0. The van der Waals surface area contributed by atoms with E-state index in [1.165, 1.54) is 0 Å². The first kappa shape index (κ1) is 17.5. The molecule has 7 nitrogen and oxygen atoms in total. The summed E-state index contributed by atoms with van der Waals surface area (Å²) < 4.78 is 33.0.